The van der Waals surface area contributed by atoms with Crippen molar-refractivity contribution in [2.75, 3.05) is 7.11 Å². The molecule has 0 amide bonds. The molecule has 30 heavy (non-hydrogen) atoms. The smallest absolute Gasteiger partial charge is 0.161 e. The lowest BCUT2D eigenvalue weighted by Crippen LogP contribution is -2.49. The van der Waals surface area contributed by atoms with E-state index in [1.165, 1.54) is 19.3 Å². The lowest BCUT2D eigenvalue weighted by Gasteiger charge is -2.55. The summed E-state index contributed by atoms with van der Waals surface area (Å²) in [6, 6.07) is 12.1. The van der Waals surface area contributed by atoms with Crippen molar-refractivity contribution in [2.24, 2.45) is 23.2 Å². The number of benzene rings is 1. The Morgan fingerprint density at radius 3 is 2.50 bits per heavy atom. The Morgan fingerprint density at radius 2 is 1.87 bits per heavy atom. The highest BCUT2D eigenvalue weighted by Crippen LogP contribution is 2.60. The molecule has 0 saturated heterocycles. The average molecular weight is 420 g/mol. The summed E-state index contributed by atoms with van der Waals surface area (Å²) < 4.78 is 5.55. The van der Waals surface area contributed by atoms with Gasteiger partial charge in [-0.2, -0.15) is 0 Å². The molecule has 4 fully saturated rings. The lowest BCUT2D eigenvalue weighted by molar-refractivity contribution is -0.138. The summed E-state index contributed by atoms with van der Waals surface area (Å²) >= 11 is 1.69. The molecule has 1 aromatic heterocycles. The van der Waals surface area contributed by atoms with Gasteiger partial charge in [0.2, 0.25) is 0 Å². The van der Waals surface area contributed by atoms with E-state index in [0.29, 0.717) is 5.78 Å². The third-order valence-electron chi connectivity index (χ3n) is 7.31. The van der Waals surface area contributed by atoms with Gasteiger partial charge in [-0.25, -0.2) is 4.98 Å². The number of rotatable bonds is 7. The average Bonchev–Trinajstić information content (AvgIpc) is 2.76. The zero-order chi connectivity index (χ0) is 20.6. The quantitative estimate of drug-likeness (QED) is 0.397. The fraction of sp³-hybridized carbons (Fsp3) is 0.462. The number of allylic oxidation sites excluding steroid dienone is 1. The normalized spacial score (nSPS) is 29.4. The molecule has 4 aliphatic carbocycles. The maximum Gasteiger partial charge on any atom is 0.161 e. The highest BCUT2D eigenvalue weighted by molar-refractivity contribution is 7.98. The lowest BCUT2D eigenvalue weighted by atomic mass is 9.48. The maximum absolute atomic E-state index is 13.3. The summed E-state index contributed by atoms with van der Waals surface area (Å²) in [5, 5.41) is 0.998. The molecule has 0 atom stereocenters. The second kappa shape index (κ2) is 8.22. The molecule has 6 rings (SSSR count). The van der Waals surface area contributed by atoms with Crippen LogP contribution < -0.4 is 4.74 Å². The number of methoxy groups -OCH3 is 1. The van der Waals surface area contributed by atoms with E-state index in [4.69, 9.17) is 4.74 Å². The number of hydrogen-bond donors (Lipinski definition) is 0. The first-order valence-electron chi connectivity index (χ1n) is 11.1. The van der Waals surface area contributed by atoms with Gasteiger partial charge in [0.25, 0.3) is 0 Å². The Hall–Kier alpha value is -2.07. The SMILES string of the molecule is COc1ccc(/C=C/C(=O)C23CC4CC(CC(C4)C2)C3)cc1CSc1ccccn1. The number of ether oxygens (including phenoxy) is 1. The minimum atomic E-state index is -0.0601. The summed E-state index contributed by atoms with van der Waals surface area (Å²) in [6.45, 7) is 0. The van der Waals surface area contributed by atoms with Crippen molar-refractivity contribution in [3.8, 4) is 5.75 Å². The molecule has 0 radical (unpaired) electrons. The zero-order valence-electron chi connectivity index (χ0n) is 17.5. The van der Waals surface area contributed by atoms with Crippen LogP contribution in [-0.2, 0) is 10.5 Å². The molecule has 0 aliphatic heterocycles. The van der Waals surface area contributed by atoms with Gasteiger partial charge in [0.1, 0.15) is 5.75 Å². The minimum absolute atomic E-state index is 0.0601. The van der Waals surface area contributed by atoms with Crippen molar-refractivity contribution in [3.63, 3.8) is 0 Å². The van der Waals surface area contributed by atoms with E-state index in [0.717, 1.165) is 64.7 Å². The van der Waals surface area contributed by atoms with Crippen molar-refractivity contribution in [3.05, 3.63) is 59.8 Å². The first-order valence-corrected chi connectivity index (χ1v) is 12.1. The highest BCUT2D eigenvalue weighted by atomic mass is 32.2. The second-order valence-corrected chi connectivity index (χ2v) is 10.4. The number of carbonyl (C=O) groups is 1. The summed E-state index contributed by atoms with van der Waals surface area (Å²) in [5.74, 6) is 4.41. The third kappa shape index (κ3) is 3.94. The van der Waals surface area contributed by atoms with Crippen LogP contribution >= 0.6 is 11.8 Å². The van der Waals surface area contributed by atoms with Crippen LogP contribution in [0.25, 0.3) is 6.08 Å². The number of thioether (sulfide) groups is 1. The van der Waals surface area contributed by atoms with Gasteiger partial charge in [-0.05, 0) is 92.2 Å². The van der Waals surface area contributed by atoms with Gasteiger partial charge in [-0.1, -0.05) is 18.2 Å². The van der Waals surface area contributed by atoms with Crippen LogP contribution in [0.1, 0.15) is 49.7 Å². The van der Waals surface area contributed by atoms with E-state index in [-0.39, 0.29) is 5.41 Å². The molecule has 0 spiro atoms. The fourth-order valence-corrected chi connectivity index (χ4v) is 7.20. The molecule has 156 valence electrons. The van der Waals surface area contributed by atoms with Gasteiger partial charge in [0.15, 0.2) is 5.78 Å². The summed E-state index contributed by atoms with van der Waals surface area (Å²) in [6.07, 6.45) is 13.2. The molecule has 1 heterocycles. The number of nitrogens with zero attached hydrogens (tertiary/aromatic N) is 1. The largest absolute Gasteiger partial charge is 0.496 e. The van der Waals surface area contributed by atoms with Gasteiger partial charge in [0, 0.05) is 22.9 Å². The zero-order valence-corrected chi connectivity index (χ0v) is 18.4. The Kier molecular flexibility index (Phi) is 5.44. The number of ketones is 1. The van der Waals surface area contributed by atoms with Crippen LogP contribution in [-0.4, -0.2) is 17.9 Å². The van der Waals surface area contributed by atoms with Crippen molar-refractivity contribution < 1.29 is 9.53 Å². The predicted octanol–water partition coefficient (Wildman–Crippen LogP) is 6.18. The summed E-state index contributed by atoms with van der Waals surface area (Å²) in [7, 11) is 1.70. The van der Waals surface area contributed by atoms with Crippen molar-refractivity contribution in [1.29, 1.82) is 0 Å². The molecule has 3 nitrogen and oxygen atoms in total. The Balaban J connectivity index is 1.31. The minimum Gasteiger partial charge on any atom is -0.496 e. The number of hydrogen-bond acceptors (Lipinski definition) is 4. The molecular formula is C26H29NO2S. The Labute approximate surface area is 183 Å². The Bertz CT molecular complexity index is 917. The summed E-state index contributed by atoms with van der Waals surface area (Å²) in [4.78, 5) is 17.6. The summed E-state index contributed by atoms with van der Waals surface area (Å²) in [5.41, 5.74) is 2.12. The number of pyridine rings is 1. The van der Waals surface area contributed by atoms with Crippen LogP contribution in [0.15, 0.2) is 53.7 Å². The van der Waals surface area contributed by atoms with Gasteiger partial charge >= 0.3 is 0 Å². The molecule has 0 N–H and O–H groups in total. The van der Waals surface area contributed by atoms with E-state index < -0.39 is 0 Å². The van der Waals surface area contributed by atoms with Gasteiger partial charge in [-0.15, -0.1) is 11.8 Å². The number of carbonyl (C=O) groups excluding carboxylic acids is 1. The second-order valence-electron chi connectivity index (χ2n) is 9.42. The predicted molar refractivity (Wildman–Crippen MR) is 121 cm³/mol. The topological polar surface area (TPSA) is 39.2 Å². The van der Waals surface area contributed by atoms with Crippen molar-refractivity contribution in [2.45, 2.75) is 49.3 Å². The fourth-order valence-electron chi connectivity index (χ4n) is 6.36. The first-order chi connectivity index (χ1) is 14.6. The van der Waals surface area contributed by atoms with Crippen molar-refractivity contribution >= 4 is 23.6 Å². The molecule has 4 saturated carbocycles. The Morgan fingerprint density at radius 1 is 1.13 bits per heavy atom. The van der Waals surface area contributed by atoms with E-state index in [1.807, 2.05) is 48.7 Å². The van der Waals surface area contributed by atoms with E-state index in [9.17, 15) is 4.79 Å². The first kappa shape index (κ1) is 19.9. The van der Waals surface area contributed by atoms with Crippen LogP contribution in [0.3, 0.4) is 0 Å². The van der Waals surface area contributed by atoms with E-state index in [1.54, 1.807) is 18.9 Å². The monoisotopic (exact) mass is 419 g/mol. The van der Waals surface area contributed by atoms with Crippen LogP contribution in [0.5, 0.6) is 5.75 Å². The molecule has 4 heteroatoms. The molecule has 4 bridgehead atoms. The highest BCUT2D eigenvalue weighted by Gasteiger charge is 2.53. The molecule has 2 aromatic rings. The number of aromatic nitrogens is 1. The van der Waals surface area contributed by atoms with Crippen molar-refractivity contribution in [1.82, 2.24) is 4.98 Å². The van der Waals surface area contributed by atoms with Crippen LogP contribution in [0, 0.1) is 23.2 Å². The van der Waals surface area contributed by atoms with Gasteiger partial charge in [-0.3, -0.25) is 4.79 Å². The van der Waals surface area contributed by atoms with Crippen LogP contribution in [0.4, 0.5) is 0 Å². The molecule has 1 aromatic carbocycles. The van der Waals surface area contributed by atoms with E-state index >= 15 is 0 Å². The maximum atomic E-state index is 13.3. The van der Waals surface area contributed by atoms with E-state index in [2.05, 4.69) is 11.1 Å². The third-order valence-corrected chi connectivity index (χ3v) is 8.30. The van der Waals surface area contributed by atoms with Crippen LogP contribution in [0.2, 0.25) is 0 Å². The van der Waals surface area contributed by atoms with Gasteiger partial charge in [0.05, 0.1) is 12.1 Å². The molecular weight excluding hydrogens is 390 g/mol. The van der Waals surface area contributed by atoms with Gasteiger partial charge < -0.3 is 4.74 Å². The standard InChI is InChI=1S/C26H29NO2S/c1-29-23-7-5-18(13-22(23)17-30-25-4-2-3-9-27-25)6-8-24(28)26-14-19-10-20(15-26)12-21(11-19)16-26/h2-9,13,19-21H,10-12,14-17H2,1H3/b8-6+. The molecule has 0 unspecified atom stereocenters. The molecule has 4 aliphatic rings.